The summed E-state index contributed by atoms with van der Waals surface area (Å²) in [5.41, 5.74) is 6.25. The van der Waals surface area contributed by atoms with Crippen molar-refractivity contribution in [2.75, 3.05) is 33.4 Å². The van der Waals surface area contributed by atoms with E-state index < -0.39 is 0 Å². The number of ether oxygens (including phenoxy) is 3. The first kappa shape index (κ1) is 19.8. The van der Waals surface area contributed by atoms with Gasteiger partial charge in [0.25, 0.3) is 6.47 Å². The molecule has 1 fully saturated rings. The molecule has 1 aliphatic heterocycles. The van der Waals surface area contributed by atoms with Gasteiger partial charge in [0.2, 0.25) is 5.91 Å². The van der Waals surface area contributed by atoms with Crippen LogP contribution in [-0.2, 0) is 23.8 Å². The van der Waals surface area contributed by atoms with E-state index in [2.05, 4.69) is 10.2 Å². The first-order valence-electron chi connectivity index (χ1n) is 8.73. The van der Waals surface area contributed by atoms with E-state index >= 15 is 0 Å². The highest BCUT2D eigenvalue weighted by Crippen LogP contribution is 2.26. The average molecular weight is 355 g/mol. The van der Waals surface area contributed by atoms with E-state index in [0.29, 0.717) is 31.9 Å². The summed E-state index contributed by atoms with van der Waals surface area (Å²) in [6, 6.07) is -0.672. The summed E-state index contributed by atoms with van der Waals surface area (Å²) >= 11 is 0. The van der Waals surface area contributed by atoms with Gasteiger partial charge >= 0.3 is 0 Å². The summed E-state index contributed by atoms with van der Waals surface area (Å²) in [4.78, 5) is 24.5. The van der Waals surface area contributed by atoms with E-state index in [0.717, 1.165) is 25.9 Å². The van der Waals surface area contributed by atoms with Gasteiger partial charge in [0, 0.05) is 33.0 Å². The first-order chi connectivity index (χ1) is 12.0. The number of nitrogens with one attached hydrogen (secondary N) is 1. The SMILES string of the molecule is COCCO[C@H]1CCCN([C@@H]2C=C(OC=O)C[C@H](N)[C@H]2NC(C)=O)C1. The summed E-state index contributed by atoms with van der Waals surface area (Å²) in [6.07, 6.45) is 4.42. The molecule has 1 saturated heterocycles. The molecule has 25 heavy (non-hydrogen) atoms. The molecular weight excluding hydrogens is 326 g/mol. The van der Waals surface area contributed by atoms with Crippen LogP contribution in [0.4, 0.5) is 0 Å². The number of methoxy groups -OCH3 is 1. The van der Waals surface area contributed by atoms with Crippen LogP contribution in [0, 0.1) is 0 Å². The molecule has 1 amide bonds. The normalized spacial score (nSPS) is 30.4. The predicted octanol–water partition coefficient (Wildman–Crippen LogP) is -0.225. The fourth-order valence-electron chi connectivity index (χ4n) is 3.55. The van der Waals surface area contributed by atoms with Crippen LogP contribution in [0.3, 0.4) is 0 Å². The van der Waals surface area contributed by atoms with E-state index in [-0.39, 0.29) is 30.1 Å². The van der Waals surface area contributed by atoms with Crippen molar-refractivity contribution in [2.45, 2.75) is 50.4 Å². The second-order valence-corrected chi connectivity index (χ2v) is 6.55. The van der Waals surface area contributed by atoms with Crippen LogP contribution >= 0.6 is 0 Å². The average Bonchev–Trinajstić information content (AvgIpc) is 2.57. The van der Waals surface area contributed by atoms with Crippen LogP contribution in [0.2, 0.25) is 0 Å². The number of rotatable bonds is 8. The van der Waals surface area contributed by atoms with E-state index in [1.807, 2.05) is 6.08 Å². The van der Waals surface area contributed by atoms with Crippen LogP contribution in [0.5, 0.6) is 0 Å². The maximum absolute atomic E-state index is 11.6. The van der Waals surface area contributed by atoms with Crippen LogP contribution in [0.1, 0.15) is 26.2 Å². The summed E-state index contributed by atoms with van der Waals surface area (Å²) in [6.45, 7) is 4.64. The van der Waals surface area contributed by atoms with E-state index in [9.17, 15) is 9.59 Å². The molecule has 142 valence electrons. The van der Waals surface area contributed by atoms with Gasteiger partial charge in [0.15, 0.2) is 0 Å². The van der Waals surface area contributed by atoms with Crippen molar-refractivity contribution >= 4 is 12.4 Å². The van der Waals surface area contributed by atoms with Crippen molar-refractivity contribution in [2.24, 2.45) is 5.73 Å². The molecule has 1 heterocycles. The zero-order valence-electron chi connectivity index (χ0n) is 15.0. The molecule has 3 N–H and O–H groups in total. The third-order valence-corrected chi connectivity index (χ3v) is 4.66. The summed E-state index contributed by atoms with van der Waals surface area (Å²) in [7, 11) is 1.65. The minimum atomic E-state index is -0.316. The van der Waals surface area contributed by atoms with Crippen LogP contribution < -0.4 is 11.1 Å². The Morgan fingerprint density at radius 3 is 2.96 bits per heavy atom. The summed E-state index contributed by atoms with van der Waals surface area (Å²) in [5, 5.41) is 2.95. The monoisotopic (exact) mass is 355 g/mol. The molecule has 0 aromatic heterocycles. The van der Waals surface area contributed by atoms with Gasteiger partial charge in [-0.15, -0.1) is 0 Å². The lowest BCUT2D eigenvalue weighted by molar-refractivity contribution is -0.126. The lowest BCUT2D eigenvalue weighted by atomic mass is 9.88. The molecule has 8 heteroatoms. The Hall–Kier alpha value is -1.48. The number of carbonyl (C=O) groups excluding carboxylic acids is 2. The van der Waals surface area contributed by atoms with Crippen molar-refractivity contribution in [1.82, 2.24) is 10.2 Å². The van der Waals surface area contributed by atoms with Gasteiger partial charge in [-0.1, -0.05) is 0 Å². The van der Waals surface area contributed by atoms with E-state index in [1.54, 1.807) is 7.11 Å². The number of amides is 1. The van der Waals surface area contributed by atoms with Gasteiger partial charge in [-0.2, -0.15) is 0 Å². The van der Waals surface area contributed by atoms with Gasteiger partial charge in [-0.3, -0.25) is 14.5 Å². The molecule has 2 aliphatic rings. The maximum atomic E-state index is 11.6. The Kier molecular flexibility index (Phi) is 7.83. The molecule has 0 aromatic rings. The topological polar surface area (TPSA) is 103 Å². The number of hydrogen-bond acceptors (Lipinski definition) is 7. The zero-order valence-corrected chi connectivity index (χ0v) is 15.0. The molecule has 0 unspecified atom stereocenters. The largest absolute Gasteiger partial charge is 0.434 e. The minimum absolute atomic E-state index is 0.115. The van der Waals surface area contributed by atoms with Crippen molar-refractivity contribution in [3.63, 3.8) is 0 Å². The number of piperidine rings is 1. The first-order valence-corrected chi connectivity index (χ1v) is 8.73. The summed E-state index contributed by atoms with van der Waals surface area (Å²) < 4.78 is 15.9. The third kappa shape index (κ3) is 5.78. The fraction of sp³-hybridized carbons (Fsp3) is 0.765. The summed E-state index contributed by atoms with van der Waals surface area (Å²) in [5.74, 6) is 0.431. The number of hydrogen-bond donors (Lipinski definition) is 2. The van der Waals surface area contributed by atoms with Crippen molar-refractivity contribution in [1.29, 1.82) is 0 Å². The number of nitrogens with zero attached hydrogens (tertiary/aromatic N) is 1. The molecule has 8 nitrogen and oxygen atoms in total. The Morgan fingerprint density at radius 2 is 2.28 bits per heavy atom. The Bertz CT molecular complexity index is 485. The van der Waals surface area contributed by atoms with Crippen molar-refractivity contribution in [3.05, 3.63) is 11.8 Å². The molecule has 0 bridgehead atoms. The van der Waals surface area contributed by atoms with Crippen LogP contribution in [0.15, 0.2) is 11.8 Å². The van der Waals surface area contributed by atoms with Crippen molar-refractivity contribution < 1.29 is 23.8 Å². The number of nitrogens with two attached hydrogens (primary N) is 1. The minimum Gasteiger partial charge on any atom is -0.434 e. The van der Waals surface area contributed by atoms with Gasteiger partial charge in [0.1, 0.15) is 5.76 Å². The van der Waals surface area contributed by atoms with Gasteiger partial charge in [-0.25, -0.2) is 0 Å². The van der Waals surface area contributed by atoms with E-state index in [4.69, 9.17) is 19.9 Å². The highest BCUT2D eigenvalue weighted by Gasteiger charge is 2.38. The van der Waals surface area contributed by atoms with Gasteiger partial charge in [-0.05, 0) is 25.5 Å². The molecular formula is C17H29N3O5. The molecule has 0 radical (unpaired) electrons. The molecule has 0 aromatic carbocycles. The molecule has 1 aliphatic carbocycles. The quantitative estimate of drug-likeness (QED) is 0.458. The third-order valence-electron chi connectivity index (χ3n) is 4.66. The zero-order chi connectivity index (χ0) is 18.2. The number of carbonyl (C=O) groups is 2. The molecule has 4 atom stereocenters. The standard InChI is InChI=1S/C17H29N3O5/c1-12(22)19-17-15(18)8-14(25-11-21)9-16(17)20-5-3-4-13(10-20)24-7-6-23-2/h9,11,13,15-17H,3-8,10,18H2,1-2H3,(H,19,22)/t13-,15-,16+,17+/m0/s1. The highest BCUT2D eigenvalue weighted by atomic mass is 16.5. The highest BCUT2D eigenvalue weighted by molar-refractivity contribution is 5.73. The fourth-order valence-corrected chi connectivity index (χ4v) is 3.55. The van der Waals surface area contributed by atoms with Gasteiger partial charge < -0.3 is 25.3 Å². The Morgan fingerprint density at radius 1 is 1.48 bits per heavy atom. The lowest BCUT2D eigenvalue weighted by Gasteiger charge is -2.44. The smallest absolute Gasteiger partial charge is 0.298 e. The maximum Gasteiger partial charge on any atom is 0.298 e. The van der Waals surface area contributed by atoms with Gasteiger partial charge in [0.05, 0.1) is 31.4 Å². The van der Waals surface area contributed by atoms with Crippen LogP contribution in [0.25, 0.3) is 0 Å². The van der Waals surface area contributed by atoms with E-state index in [1.165, 1.54) is 6.92 Å². The lowest BCUT2D eigenvalue weighted by Crippen LogP contribution is -2.62. The molecule has 2 rings (SSSR count). The Labute approximate surface area is 148 Å². The Balaban J connectivity index is 2.10. The van der Waals surface area contributed by atoms with Crippen molar-refractivity contribution in [3.8, 4) is 0 Å². The predicted molar refractivity (Wildman–Crippen MR) is 91.6 cm³/mol. The second-order valence-electron chi connectivity index (χ2n) is 6.55. The van der Waals surface area contributed by atoms with Crippen LogP contribution in [-0.4, -0.2) is 74.9 Å². The number of likely N-dealkylation sites (tertiary alicyclic amines) is 1. The second kappa shape index (κ2) is 9.86. The molecule has 0 saturated carbocycles. The molecule has 0 spiro atoms.